The van der Waals surface area contributed by atoms with Gasteiger partial charge < -0.3 is 5.32 Å². The van der Waals surface area contributed by atoms with E-state index in [0.717, 1.165) is 41.6 Å². The highest BCUT2D eigenvalue weighted by Gasteiger charge is 2.36. The van der Waals surface area contributed by atoms with Crippen LogP contribution in [0, 0.1) is 5.92 Å². The van der Waals surface area contributed by atoms with Crippen LogP contribution < -0.4 is 5.32 Å². The van der Waals surface area contributed by atoms with Gasteiger partial charge in [0.25, 0.3) is 0 Å². The number of piperazine rings is 1. The van der Waals surface area contributed by atoms with E-state index in [2.05, 4.69) is 38.3 Å². The molecule has 1 aromatic rings. The van der Waals surface area contributed by atoms with E-state index in [1.54, 1.807) is 0 Å². The Bertz CT molecular complexity index is 434. The van der Waals surface area contributed by atoms with Crippen molar-refractivity contribution >= 4 is 27.5 Å². The molecule has 2 fully saturated rings. The van der Waals surface area contributed by atoms with Crippen LogP contribution >= 0.6 is 27.5 Å². The predicted molar refractivity (Wildman–Crippen MR) is 78.9 cm³/mol. The molecule has 0 radical (unpaired) electrons. The molecule has 2 nitrogen and oxygen atoms in total. The third-order valence-corrected chi connectivity index (χ3v) is 4.80. The highest BCUT2D eigenvalue weighted by atomic mass is 79.9. The van der Waals surface area contributed by atoms with Gasteiger partial charge in [-0.3, -0.25) is 4.90 Å². The average Bonchev–Trinajstić information content (AvgIpc) is 3.17. The van der Waals surface area contributed by atoms with Gasteiger partial charge >= 0.3 is 0 Å². The minimum atomic E-state index is 0.707. The van der Waals surface area contributed by atoms with Crippen molar-refractivity contribution < 1.29 is 0 Å². The molecule has 1 atom stereocenters. The standard InChI is InChI=1S/C14H18BrClN2/c15-12-4-3-11(13(16)7-12)9-18-6-5-17-8-14(18)10-1-2-10/h3-4,7,10,14,17H,1-2,5-6,8-9H2. The van der Waals surface area contributed by atoms with Gasteiger partial charge in [-0.05, 0) is 36.5 Å². The predicted octanol–water partition coefficient (Wildman–Crippen LogP) is 3.29. The van der Waals surface area contributed by atoms with Crippen molar-refractivity contribution in [3.05, 3.63) is 33.3 Å². The average molecular weight is 330 g/mol. The van der Waals surface area contributed by atoms with Gasteiger partial charge in [0.15, 0.2) is 0 Å². The van der Waals surface area contributed by atoms with Gasteiger partial charge in [0.05, 0.1) is 0 Å². The van der Waals surface area contributed by atoms with Crippen LogP contribution in [0.2, 0.25) is 5.02 Å². The van der Waals surface area contributed by atoms with E-state index >= 15 is 0 Å². The normalized spacial score (nSPS) is 25.3. The first-order valence-corrected chi connectivity index (χ1v) is 7.80. The Morgan fingerprint density at radius 3 is 2.94 bits per heavy atom. The SMILES string of the molecule is Clc1cc(Br)ccc1CN1CCNCC1C1CC1. The summed E-state index contributed by atoms with van der Waals surface area (Å²) in [6.07, 6.45) is 2.80. The fourth-order valence-electron chi connectivity index (χ4n) is 2.78. The summed E-state index contributed by atoms with van der Waals surface area (Å²) in [6, 6.07) is 6.91. The highest BCUT2D eigenvalue weighted by molar-refractivity contribution is 9.10. The molecule has 1 N–H and O–H groups in total. The first-order chi connectivity index (χ1) is 8.74. The molecule has 1 saturated carbocycles. The highest BCUT2D eigenvalue weighted by Crippen LogP contribution is 2.36. The van der Waals surface area contributed by atoms with Crippen LogP contribution in [0.15, 0.2) is 22.7 Å². The van der Waals surface area contributed by atoms with E-state index < -0.39 is 0 Å². The molecular weight excluding hydrogens is 312 g/mol. The Kier molecular flexibility index (Phi) is 3.94. The minimum absolute atomic E-state index is 0.707. The third kappa shape index (κ3) is 2.90. The first-order valence-electron chi connectivity index (χ1n) is 6.63. The van der Waals surface area contributed by atoms with Crippen molar-refractivity contribution in [1.29, 1.82) is 0 Å². The van der Waals surface area contributed by atoms with Crippen molar-refractivity contribution in [2.24, 2.45) is 5.92 Å². The number of benzene rings is 1. The molecule has 0 amide bonds. The van der Waals surface area contributed by atoms with Crippen molar-refractivity contribution in [2.45, 2.75) is 25.4 Å². The maximum atomic E-state index is 6.32. The summed E-state index contributed by atoms with van der Waals surface area (Å²) in [5.41, 5.74) is 1.24. The number of halogens is 2. The molecule has 0 spiro atoms. The molecule has 1 unspecified atom stereocenters. The molecule has 1 aliphatic heterocycles. The van der Waals surface area contributed by atoms with Gasteiger partial charge in [-0.2, -0.15) is 0 Å². The lowest BCUT2D eigenvalue weighted by Crippen LogP contribution is -2.51. The molecule has 4 heteroatoms. The molecule has 98 valence electrons. The zero-order valence-electron chi connectivity index (χ0n) is 10.3. The van der Waals surface area contributed by atoms with Crippen LogP contribution in [0.25, 0.3) is 0 Å². The van der Waals surface area contributed by atoms with Crippen LogP contribution in [0.4, 0.5) is 0 Å². The second kappa shape index (κ2) is 5.49. The van der Waals surface area contributed by atoms with Crippen LogP contribution in [0.3, 0.4) is 0 Å². The van der Waals surface area contributed by atoms with E-state index in [0.29, 0.717) is 6.04 Å². The third-order valence-electron chi connectivity index (χ3n) is 3.95. The molecule has 1 aromatic carbocycles. The van der Waals surface area contributed by atoms with Crippen LogP contribution in [-0.4, -0.2) is 30.6 Å². The number of nitrogens with one attached hydrogen (secondary N) is 1. The van der Waals surface area contributed by atoms with Crippen molar-refractivity contribution in [1.82, 2.24) is 10.2 Å². The van der Waals surface area contributed by atoms with Crippen LogP contribution in [0.5, 0.6) is 0 Å². The second-order valence-corrected chi connectivity index (χ2v) is 6.64. The molecule has 2 aliphatic rings. The molecule has 1 aliphatic carbocycles. The molecule has 0 bridgehead atoms. The van der Waals surface area contributed by atoms with Crippen LogP contribution in [-0.2, 0) is 6.54 Å². The monoisotopic (exact) mass is 328 g/mol. The van der Waals surface area contributed by atoms with E-state index in [9.17, 15) is 0 Å². The van der Waals surface area contributed by atoms with Gasteiger partial charge in [-0.25, -0.2) is 0 Å². The molecule has 3 rings (SSSR count). The first kappa shape index (κ1) is 12.9. The summed E-state index contributed by atoms with van der Waals surface area (Å²) in [7, 11) is 0. The zero-order valence-corrected chi connectivity index (χ0v) is 12.7. The number of rotatable bonds is 3. The quantitative estimate of drug-likeness (QED) is 0.915. The fourth-order valence-corrected chi connectivity index (χ4v) is 3.51. The number of nitrogens with zero attached hydrogens (tertiary/aromatic N) is 1. The second-order valence-electron chi connectivity index (χ2n) is 5.32. The molecular formula is C14H18BrClN2. The Morgan fingerprint density at radius 1 is 1.39 bits per heavy atom. The van der Waals surface area contributed by atoms with E-state index in [1.165, 1.54) is 18.4 Å². The molecule has 1 heterocycles. The van der Waals surface area contributed by atoms with Gasteiger partial charge in [0, 0.05) is 41.7 Å². The Morgan fingerprint density at radius 2 is 2.22 bits per heavy atom. The van der Waals surface area contributed by atoms with Gasteiger partial charge in [-0.1, -0.05) is 33.6 Å². The number of hydrogen-bond acceptors (Lipinski definition) is 2. The number of hydrogen-bond donors (Lipinski definition) is 1. The summed E-state index contributed by atoms with van der Waals surface area (Å²) in [6.45, 7) is 4.35. The Labute approximate surface area is 122 Å². The van der Waals surface area contributed by atoms with E-state index in [-0.39, 0.29) is 0 Å². The summed E-state index contributed by atoms with van der Waals surface area (Å²) in [4.78, 5) is 2.60. The summed E-state index contributed by atoms with van der Waals surface area (Å²) in [5, 5.41) is 4.39. The fraction of sp³-hybridized carbons (Fsp3) is 0.571. The summed E-state index contributed by atoms with van der Waals surface area (Å²) < 4.78 is 1.05. The van der Waals surface area contributed by atoms with Crippen molar-refractivity contribution in [3.63, 3.8) is 0 Å². The van der Waals surface area contributed by atoms with Crippen molar-refractivity contribution in [3.8, 4) is 0 Å². The lowest BCUT2D eigenvalue weighted by molar-refractivity contribution is 0.135. The summed E-state index contributed by atoms with van der Waals surface area (Å²) in [5.74, 6) is 0.909. The van der Waals surface area contributed by atoms with Gasteiger partial charge in [0.2, 0.25) is 0 Å². The van der Waals surface area contributed by atoms with E-state index in [4.69, 9.17) is 11.6 Å². The van der Waals surface area contributed by atoms with Gasteiger partial charge in [0.1, 0.15) is 0 Å². The Balaban J connectivity index is 1.73. The van der Waals surface area contributed by atoms with Crippen LogP contribution in [0.1, 0.15) is 18.4 Å². The van der Waals surface area contributed by atoms with E-state index in [1.807, 2.05) is 6.07 Å². The zero-order chi connectivity index (χ0) is 12.5. The topological polar surface area (TPSA) is 15.3 Å². The Hall–Kier alpha value is -0.0900. The van der Waals surface area contributed by atoms with Crippen molar-refractivity contribution in [2.75, 3.05) is 19.6 Å². The lowest BCUT2D eigenvalue weighted by Gasteiger charge is -2.36. The molecule has 1 saturated heterocycles. The largest absolute Gasteiger partial charge is 0.314 e. The maximum absolute atomic E-state index is 6.32. The molecule has 0 aromatic heterocycles. The summed E-state index contributed by atoms with van der Waals surface area (Å²) >= 11 is 9.78. The lowest BCUT2D eigenvalue weighted by atomic mass is 10.1. The smallest absolute Gasteiger partial charge is 0.0462 e. The van der Waals surface area contributed by atoms with Gasteiger partial charge in [-0.15, -0.1) is 0 Å². The molecule has 18 heavy (non-hydrogen) atoms. The maximum Gasteiger partial charge on any atom is 0.0462 e. The minimum Gasteiger partial charge on any atom is -0.314 e.